The number of aromatic carboxylic acids is 1. The van der Waals surface area contributed by atoms with E-state index in [-0.39, 0.29) is 23.2 Å². The zero-order chi connectivity index (χ0) is 37.3. The predicted octanol–water partition coefficient (Wildman–Crippen LogP) is 8.02. The Balaban J connectivity index is 0.000000217. The quantitative estimate of drug-likeness (QED) is 0.186. The maximum atomic E-state index is 12.6. The molecule has 0 saturated carbocycles. The number of ether oxygens (including phenoxy) is 1. The van der Waals surface area contributed by atoms with E-state index in [1.54, 1.807) is 54.9 Å². The van der Waals surface area contributed by atoms with Crippen LogP contribution in [0.25, 0.3) is 43.7 Å². The minimum atomic E-state index is -1.05. The second-order valence-corrected chi connectivity index (χ2v) is 14.7. The first-order chi connectivity index (χ1) is 24.8. The minimum absolute atomic E-state index is 0.0417. The SMILES string of the molecule is CN(C(=O)c1cc2ccccc2cn1)C(C)(C)C.COc1cc2c(cc1-c1cccc(C(=O)N(C)C)c1)-c1c(-c3cccs3)nc(C(=O)O)n1CC2. The van der Waals surface area contributed by atoms with Crippen LogP contribution < -0.4 is 4.74 Å². The van der Waals surface area contributed by atoms with Gasteiger partial charge in [0.05, 0.1) is 17.7 Å². The number of thiophene rings is 1. The van der Waals surface area contributed by atoms with Gasteiger partial charge >= 0.3 is 5.97 Å². The Morgan fingerprint density at radius 3 is 2.29 bits per heavy atom. The summed E-state index contributed by atoms with van der Waals surface area (Å²) < 4.78 is 7.53. The zero-order valence-corrected chi connectivity index (χ0v) is 31.1. The van der Waals surface area contributed by atoms with Gasteiger partial charge in [-0.1, -0.05) is 42.5 Å². The Morgan fingerprint density at radius 1 is 0.885 bits per heavy atom. The van der Waals surface area contributed by atoms with Gasteiger partial charge in [0.2, 0.25) is 5.82 Å². The van der Waals surface area contributed by atoms with Crippen LogP contribution in [-0.2, 0) is 13.0 Å². The lowest BCUT2D eigenvalue weighted by molar-refractivity contribution is 0.0646. The molecule has 7 rings (SSSR count). The molecule has 3 aromatic carbocycles. The highest BCUT2D eigenvalue weighted by molar-refractivity contribution is 7.13. The molecule has 4 heterocycles. The van der Waals surface area contributed by atoms with Gasteiger partial charge in [-0.05, 0) is 85.5 Å². The maximum Gasteiger partial charge on any atom is 0.372 e. The summed E-state index contributed by atoms with van der Waals surface area (Å²) in [5.41, 5.74) is 6.01. The number of rotatable bonds is 6. The average Bonchev–Trinajstić information content (AvgIpc) is 3.82. The van der Waals surface area contributed by atoms with Crippen LogP contribution >= 0.6 is 11.3 Å². The second-order valence-electron chi connectivity index (χ2n) is 13.8. The van der Waals surface area contributed by atoms with Gasteiger partial charge in [0.15, 0.2) is 0 Å². The summed E-state index contributed by atoms with van der Waals surface area (Å²) in [6, 6.07) is 25.1. The fraction of sp³-hybridized carbons (Fsp3) is 0.244. The van der Waals surface area contributed by atoms with E-state index in [9.17, 15) is 19.5 Å². The molecule has 0 aliphatic carbocycles. The van der Waals surface area contributed by atoms with E-state index >= 15 is 0 Å². The van der Waals surface area contributed by atoms with Crippen LogP contribution in [0.4, 0.5) is 0 Å². The topological polar surface area (TPSA) is 118 Å². The molecule has 1 aliphatic rings. The first kappa shape index (κ1) is 36.0. The summed E-state index contributed by atoms with van der Waals surface area (Å²) in [5.74, 6) is -0.426. The molecule has 0 atom stereocenters. The van der Waals surface area contributed by atoms with E-state index < -0.39 is 5.97 Å². The number of carboxylic acid groups (broad SMARTS) is 1. The molecular formula is C41H41N5O5S. The van der Waals surface area contributed by atoms with Crippen molar-refractivity contribution >= 4 is 39.9 Å². The van der Waals surface area contributed by atoms with Crippen LogP contribution in [0.1, 0.15) is 57.8 Å². The number of benzene rings is 3. The molecule has 0 spiro atoms. The molecule has 0 fully saturated rings. The van der Waals surface area contributed by atoms with Crippen molar-refractivity contribution in [1.29, 1.82) is 0 Å². The maximum absolute atomic E-state index is 12.6. The number of fused-ring (bicyclic) bond motifs is 4. The van der Waals surface area contributed by atoms with Gasteiger partial charge in [-0.3, -0.25) is 14.6 Å². The Morgan fingerprint density at radius 2 is 1.63 bits per heavy atom. The van der Waals surface area contributed by atoms with Crippen LogP contribution in [0.15, 0.2) is 90.4 Å². The highest BCUT2D eigenvalue weighted by atomic mass is 32.1. The molecule has 3 aromatic heterocycles. The lowest BCUT2D eigenvalue weighted by Crippen LogP contribution is -2.42. The Hall–Kier alpha value is -5.81. The average molecular weight is 716 g/mol. The summed E-state index contributed by atoms with van der Waals surface area (Å²) in [4.78, 5) is 49.8. The van der Waals surface area contributed by atoms with Crippen LogP contribution in [-0.4, -0.2) is 81.0 Å². The molecule has 1 N–H and O–H groups in total. The molecule has 6 aromatic rings. The van der Waals surface area contributed by atoms with Crippen molar-refractivity contribution in [2.75, 3.05) is 28.3 Å². The molecule has 0 bridgehead atoms. The summed E-state index contributed by atoms with van der Waals surface area (Å²) >= 11 is 1.53. The van der Waals surface area contributed by atoms with Crippen molar-refractivity contribution < 1.29 is 24.2 Å². The largest absolute Gasteiger partial charge is 0.496 e. The van der Waals surface area contributed by atoms with E-state index in [1.165, 1.54) is 11.3 Å². The molecule has 52 heavy (non-hydrogen) atoms. The van der Waals surface area contributed by atoms with Crippen LogP contribution in [0.3, 0.4) is 0 Å². The highest BCUT2D eigenvalue weighted by Gasteiger charge is 2.30. The predicted molar refractivity (Wildman–Crippen MR) is 205 cm³/mol. The number of aryl methyl sites for hydroxylation is 1. The summed E-state index contributed by atoms with van der Waals surface area (Å²) in [7, 11) is 6.88. The summed E-state index contributed by atoms with van der Waals surface area (Å²) in [5, 5.41) is 13.9. The van der Waals surface area contributed by atoms with Crippen molar-refractivity contribution in [2.45, 2.75) is 39.3 Å². The molecule has 11 heteroatoms. The molecular weight excluding hydrogens is 675 g/mol. The number of carbonyl (C=O) groups excluding carboxylic acids is 2. The number of nitrogens with zero attached hydrogens (tertiary/aromatic N) is 5. The zero-order valence-electron chi connectivity index (χ0n) is 30.3. The number of hydrogen-bond donors (Lipinski definition) is 1. The Kier molecular flexibility index (Phi) is 9.99. The van der Waals surface area contributed by atoms with E-state index in [2.05, 4.69) is 9.97 Å². The lowest BCUT2D eigenvalue weighted by atomic mass is 9.91. The first-order valence-corrected chi connectivity index (χ1v) is 17.7. The van der Waals surface area contributed by atoms with Crippen molar-refractivity contribution in [3.63, 3.8) is 0 Å². The summed E-state index contributed by atoms with van der Waals surface area (Å²) in [6.07, 6.45) is 2.41. The minimum Gasteiger partial charge on any atom is -0.496 e. The van der Waals surface area contributed by atoms with Gasteiger partial charge in [0.25, 0.3) is 11.8 Å². The Bertz CT molecular complexity index is 2300. The van der Waals surface area contributed by atoms with Crippen LogP contribution in [0.5, 0.6) is 5.75 Å². The highest BCUT2D eigenvalue weighted by Crippen LogP contribution is 2.44. The van der Waals surface area contributed by atoms with Crippen molar-refractivity contribution in [2.24, 2.45) is 0 Å². The van der Waals surface area contributed by atoms with Gasteiger partial charge in [-0.25, -0.2) is 9.78 Å². The first-order valence-electron chi connectivity index (χ1n) is 16.8. The smallest absolute Gasteiger partial charge is 0.372 e. The van der Waals surface area contributed by atoms with Gasteiger partial charge in [-0.15, -0.1) is 11.3 Å². The normalized spacial score (nSPS) is 11.9. The molecule has 266 valence electrons. The number of imidazole rings is 1. The van der Waals surface area contributed by atoms with Crippen LogP contribution in [0.2, 0.25) is 0 Å². The number of methoxy groups -OCH3 is 1. The molecule has 2 amide bonds. The molecule has 10 nitrogen and oxygen atoms in total. The van der Waals surface area contributed by atoms with Crippen molar-refractivity contribution in [3.8, 4) is 38.7 Å². The lowest BCUT2D eigenvalue weighted by Gasteiger charge is -2.31. The number of carboxylic acids is 1. The Labute approximate surface area is 306 Å². The van der Waals surface area contributed by atoms with E-state index in [4.69, 9.17) is 4.74 Å². The third kappa shape index (κ3) is 7.04. The van der Waals surface area contributed by atoms with Gasteiger partial charge in [-0.2, -0.15) is 0 Å². The van der Waals surface area contributed by atoms with Crippen molar-refractivity contribution in [3.05, 3.63) is 113 Å². The monoisotopic (exact) mass is 715 g/mol. The molecule has 0 unspecified atom stereocenters. The fourth-order valence-corrected chi connectivity index (χ4v) is 6.84. The summed E-state index contributed by atoms with van der Waals surface area (Å²) in [6.45, 7) is 6.54. The number of aromatic nitrogens is 3. The number of hydrogen-bond acceptors (Lipinski definition) is 7. The fourth-order valence-electron chi connectivity index (χ4n) is 6.12. The standard InChI is InChI=1S/C26H23N3O4S.C15H18N2O/c1-28(2)25(30)17-7-4-6-15(12-17)18-14-19-16(13-20(18)33-3)9-10-29-23(19)22(21-8-5-11-34-21)27-24(29)26(31)32;1-15(2,3)17(4)14(18)13-9-11-7-5-6-8-12(11)10-16-13/h4-8,11-14H,9-10H2,1-3H3,(H,31,32);5-10H,1-4H3. The van der Waals surface area contributed by atoms with Gasteiger partial charge < -0.3 is 24.2 Å². The molecule has 1 aliphatic heterocycles. The third-order valence-electron chi connectivity index (χ3n) is 9.19. The van der Waals surface area contributed by atoms with Crippen molar-refractivity contribution in [1.82, 2.24) is 24.3 Å². The van der Waals surface area contributed by atoms with E-state index in [0.29, 0.717) is 35.7 Å². The number of carbonyl (C=O) groups is 3. The third-order valence-corrected chi connectivity index (χ3v) is 10.1. The van der Waals surface area contributed by atoms with E-state index in [0.717, 1.165) is 43.6 Å². The second kappa shape index (κ2) is 14.4. The van der Waals surface area contributed by atoms with Gasteiger partial charge in [0, 0.05) is 61.5 Å². The van der Waals surface area contributed by atoms with Crippen LogP contribution in [0, 0.1) is 0 Å². The molecule has 0 saturated heterocycles. The number of pyridine rings is 1. The number of amides is 2. The molecule has 0 radical (unpaired) electrons. The van der Waals surface area contributed by atoms with E-state index in [1.807, 2.05) is 98.9 Å². The van der Waals surface area contributed by atoms with Gasteiger partial charge in [0.1, 0.15) is 17.1 Å².